The second-order valence-corrected chi connectivity index (χ2v) is 6.67. The Bertz CT molecular complexity index is 516. The number of halogens is 1. The third kappa shape index (κ3) is 2.39. The molecule has 1 aromatic carbocycles. The smallest absolute Gasteiger partial charge is 0.241 e. The standard InChI is InChI=1S/C10H13BrN2O2S/c1-6-4-9(6)13-16(14,15)10-3-2-7(12)5-8(10)11/h2-3,5-6,9,13H,4,12H2,1H3. The molecule has 0 heterocycles. The van der Waals surface area contributed by atoms with Gasteiger partial charge in [-0.2, -0.15) is 0 Å². The van der Waals surface area contributed by atoms with Crippen molar-refractivity contribution < 1.29 is 8.42 Å². The van der Waals surface area contributed by atoms with Gasteiger partial charge in [0.1, 0.15) is 0 Å². The number of nitrogens with one attached hydrogen (secondary N) is 1. The van der Waals surface area contributed by atoms with E-state index in [-0.39, 0.29) is 10.9 Å². The molecule has 2 atom stereocenters. The fourth-order valence-corrected chi connectivity index (χ4v) is 3.94. The fraction of sp³-hybridized carbons (Fsp3) is 0.400. The first-order valence-electron chi connectivity index (χ1n) is 4.97. The van der Waals surface area contributed by atoms with Gasteiger partial charge in [0, 0.05) is 16.2 Å². The number of anilines is 1. The van der Waals surface area contributed by atoms with Crippen LogP contribution >= 0.6 is 15.9 Å². The highest BCUT2D eigenvalue weighted by atomic mass is 79.9. The molecular formula is C10H13BrN2O2S. The molecule has 1 fully saturated rings. The van der Waals surface area contributed by atoms with Crippen molar-refractivity contribution in [1.29, 1.82) is 0 Å². The Balaban J connectivity index is 2.28. The van der Waals surface area contributed by atoms with Gasteiger partial charge in [-0.05, 0) is 46.5 Å². The van der Waals surface area contributed by atoms with Crippen LogP contribution in [-0.2, 0) is 10.0 Å². The van der Waals surface area contributed by atoms with Crippen LogP contribution in [0.2, 0.25) is 0 Å². The normalized spacial score (nSPS) is 24.4. The third-order valence-electron chi connectivity index (χ3n) is 2.66. The lowest BCUT2D eigenvalue weighted by molar-refractivity contribution is 0.578. The number of sulfonamides is 1. The van der Waals surface area contributed by atoms with Gasteiger partial charge in [0.15, 0.2) is 0 Å². The second-order valence-electron chi connectivity index (χ2n) is 4.13. The molecule has 88 valence electrons. The zero-order chi connectivity index (χ0) is 11.9. The first-order chi connectivity index (χ1) is 7.40. The van der Waals surface area contributed by atoms with Crippen LogP contribution in [0.4, 0.5) is 5.69 Å². The molecule has 4 nitrogen and oxygen atoms in total. The molecule has 1 saturated carbocycles. The first-order valence-corrected chi connectivity index (χ1v) is 7.25. The van der Waals surface area contributed by atoms with Crippen molar-refractivity contribution >= 4 is 31.6 Å². The average Bonchev–Trinajstić information content (AvgIpc) is 2.79. The van der Waals surface area contributed by atoms with E-state index in [9.17, 15) is 8.42 Å². The number of rotatable bonds is 3. The van der Waals surface area contributed by atoms with Gasteiger partial charge < -0.3 is 5.73 Å². The minimum absolute atomic E-state index is 0.0782. The summed E-state index contributed by atoms with van der Waals surface area (Å²) in [6, 6.07) is 4.75. The molecule has 3 N–H and O–H groups in total. The molecule has 6 heteroatoms. The summed E-state index contributed by atoms with van der Waals surface area (Å²) in [4.78, 5) is 0.237. The van der Waals surface area contributed by atoms with E-state index < -0.39 is 10.0 Å². The lowest BCUT2D eigenvalue weighted by atomic mass is 10.3. The molecule has 0 amide bonds. The van der Waals surface area contributed by atoms with Gasteiger partial charge in [0.05, 0.1) is 4.90 Å². The maximum absolute atomic E-state index is 12.0. The molecule has 2 rings (SSSR count). The van der Waals surface area contributed by atoms with Crippen LogP contribution in [0.5, 0.6) is 0 Å². The SMILES string of the molecule is CC1CC1NS(=O)(=O)c1ccc(N)cc1Br. The van der Waals surface area contributed by atoms with Crippen LogP contribution in [0.25, 0.3) is 0 Å². The predicted octanol–water partition coefficient (Wildman–Crippen LogP) is 1.72. The summed E-state index contributed by atoms with van der Waals surface area (Å²) in [6.45, 7) is 2.02. The summed E-state index contributed by atoms with van der Waals surface area (Å²) in [7, 11) is -3.43. The molecule has 0 aromatic heterocycles. The highest BCUT2D eigenvalue weighted by molar-refractivity contribution is 9.10. The molecule has 0 bridgehead atoms. The highest BCUT2D eigenvalue weighted by Crippen LogP contribution is 2.32. The maximum atomic E-state index is 12.0. The Hall–Kier alpha value is -0.590. The van der Waals surface area contributed by atoms with Crippen LogP contribution in [0.3, 0.4) is 0 Å². The number of hydrogen-bond donors (Lipinski definition) is 2. The summed E-state index contributed by atoms with van der Waals surface area (Å²) in [6.07, 6.45) is 0.909. The zero-order valence-corrected chi connectivity index (χ0v) is 11.2. The van der Waals surface area contributed by atoms with Crippen LogP contribution in [-0.4, -0.2) is 14.5 Å². The van der Waals surface area contributed by atoms with Gasteiger partial charge >= 0.3 is 0 Å². The molecule has 1 aliphatic rings. The van der Waals surface area contributed by atoms with Crippen molar-refractivity contribution in [3.63, 3.8) is 0 Å². The monoisotopic (exact) mass is 304 g/mol. The lowest BCUT2D eigenvalue weighted by Crippen LogP contribution is -2.27. The topological polar surface area (TPSA) is 72.2 Å². The number of benzene rings is 1. The van der Waals surface area contributed by atoms with E-state index in [0.29, 0.717) is 16.1 Å². The molecule has 0 aliphatic heterocycles. The van der Waals surface area contributed by atoms with Crippen LogP contribution in [0.15, 0.2) is 27.6 Å². The van der Waals surface area contributed by atoms with Crippen LogP contribution in [0, 0.1) is 5.92 Å². The molecule has 2 unspecified atom stereocenters. The van der Waals surface area contributed by atoms with Crippen molar-refractivity contribution in [3.05, 3.63) is 22.7 Å². The molecule has 0 saturated heterocycles. The van der Waals surface area contributed by atoms with E-state index in [2.05, 4.69) is 20.7 Å². The quantitative estimate of drug-likeness (QED) is 0.835. The minimum atomic E-state index is -3.43. The molecule has 16 heavy (non-hydrogen) atoms. The fourth-order valence-electron chi connectivity index (χ4n) is 1.48. The summed E-state index contributed by atoms with van der Waals surface area (Å²) >= 11 is 3.21. The highest BCUT2D eigenvalue weighted by Gasteiger charge is 2.36. The van der Waals surface area contributed by atoms with E-state index in [1.54, 1.807) is 12.1 Å². The van der Waals surface area contributed by atoms with E-state index in [1.807, 2.05) is 6.92 Å². The predicted molar refractivity (Wildman–Crippen MR) is 66.4 cm³/mol. The molecule has 0 spiro atoms. The summed E-state index contributed by atoms with van der Waals surface area (Å²) in [5.74, 6) is 0.433. The number of nitrogens with two attached hydrogens (primary N) is 1. The molecular weight excluding hydrogens is 292 g/mol. The molecule has 0 radical (unpaired) electrons. The van der Waals surface area contributed by atoms with Gasteiger partial charge in [-0.1, -0.05) is 6.92 Å². The van der Waals surface area contributed by atoms with Gasteiger partial charge in [-0.15, -0.1) is 0 Å². The van der Waals surface area contributed by atoms with Crippen molar-refractivity contribution in [2.75, 3.05) is 5.73 Å². The minimum Gasteiger partial charge on any atom is -0.399 e. The van der Waals surface area contributed by atoms with E-state index in [0.717, 1.165) is 6.42 Å². The Kier molecular flexibility index (Phi) is 2.98. The number of hydrogen-bond acceptors (Lipinski definition) is 3. The van der Waals surface area contributed by atoms with Gasteiger partial charge in [-0.3, -0.25) is 0 Å². The molecule has 1 aliphatic carbocycles. The maximum Gasteiger partial charge on any atom is 0.241 e. The van der Waals surface area contributed by atoms with Crippen molar-refractivity contribution in [2.45, 2.75) is 24.3 Å². The van der Waals surface area contributed by atoms with Gasteiger partial charge in [-0.25, -0.2) is 13.1 Å². The summed E-state index contributed by atoms with van der Waals surface area (Å²) in [5.41, 5.74) is 6.09. The molecule has 1 aromatic rings. The summed E-state index contributed by atoms with van der Waals surface area (Å²) < 4.78 is 27.1. The Morgan fingerprint density at radius 1 is 1.50 bits per heavy atom. The third-order valence-corrected chi connectivity index (χ3v) is 5.13. The van der Waals surface area contributed by atoms with Gasteiger partial charge in [0.25, 0.3) is 0 Å². The second kappa shape index (κ2) is 4.01. The Morgan fingerprint density at radius 3 is 2.62 bits per heavy atom. The van der Waals surface area contributed by atoms with Crippen molar-refractivity contribution in [1.82, 2.24) is 4.72 Å². The van der Waals surface area contributed by atoms with Crippen LogP contribution < -0.4 is 10.5 Å². The van der Waals surface area contributed by atoms with Crippen molar-refractivity contribution in [3.8, 4) is 0 Å². The van der Waals surface area contributed by atoms with Crippen LogP contribution in [0.1, 0.15) is 13.3 Å². The first kappa shape index (κ1) is 11.9. The zero-order valence-electron chi connectivity index (χ0n) is 8.77. The Morgan fingerprint density at radius 2 is 2.12 bits per heavy atom. The average molecular weight is 305 g/mol. The van der Waals surface area contributed by atoms with E-state index in [1.165, 1.54) is 6.07 Å². The number of nitrogen functional groups attached to an aromatic ring is 1. The van der Waals surface area contributed by atoms with E-state index >= 15 is 0 Å². The van der Waals surface area contributed by atoms with Gasteiger partial charge in [0.2, 0.25) is 10.0 Å². The van der Waals surface area contributed by atoms with E-state index in [4.69, 9.17) is 5.73 Å². The largest absolute Gasteiger partial charge is 0.399 e. The Labute approximate surface area is 103 Å². The lowest BCUT2D eigenvalue weighted by Gasteiger charge is -2.08. The summed E-state index contributed by atoms with van der Waals surface area (Å²) in [5, 5.41) is 0. The van der Waals surface area contributed by atoms with Crippen molar-refractivity contribution in [2.24, 2.45) is 5.92 Å².